The summed E-state index contributed by atoms with van der Waals surface area (Å²) in [5, 5.41) is 22.5. The third-order valence-electron chi connectivity index (χ3n) is 2.00. The molecule has 0 amide bonds. The van der Waals surface area contributed by atoms with Gasteiger partial charge in [-0.25, -0.2) is 0 Å². The maximum Gasteiger partial charge on any atom is 0.309 e. The molecule has 1 aromatic carbocycles. The number of nitro groups is 1. The van der Waals surface area contributed by atoms with Crippen LogP contribution >= 0.6 is 0 Å². The summed E-state index contributed by atoms with van der Waals surface area (Å²) in [6.45, 7) is 4.11. The number of nitro benzene ring substituents is 1. The van der Waals surface area contributed by atoms with Crippen LogP contribution in [0.1, 0.15) is 12.0 Å². The van der Waals surface area contributed by atoms with Crippen molar-refractivity contribution in [1.82, 2.24) is 0 Å². The topological polar surface area (TPSA) is 79.0 Å². The molecule has 0 fully saturated rings. The van der Waals surface area contributed by atoms with Crippen LogP contribution in [0.4, 0.5) is 11.4 Å². The van der Waals surface area contributed by atoms with Crippen LogP contribution in [-0.2, 0) is 0 Å². The van der Waals surface area contributed by atoms with Gasteiger partial charge in [0.25, 0.3) is 0 Å². The van der Waals surface area contributed by atoms with E-state index >= 15 is 0 Å². The Morgan fingerprint density at radius 1 is 1.62 bits per heavy atom. The standard InChI is InChI=1S/C11H11N3O2/c1-2-3-7-13-10-6-4-5-9(8-12)11(10)14(15)16/h2,4-6,13H,1,3,7H2. The third kappa shape index (κ3) is 2.58. The van der Waals surface area contributed by atoms with E-state index in [1.165, 1.54) is 6.07 Å². The second-order valence-corrected chi connectivity index (χ2v) is 3.07. The molecule has 1 rings (SSSR count). The third-order valence-corrected chi connectivity index (χ3v) is 2.00. The molecule has 0 aromatic heterocycles. The van der Waals surface area contributed by atoms with E-state index < -0.39 is 4.92 Å². The van der Waals surface area contributed by atoms with E-state index in [0.717, 1.165) is 0 Å². The number of benzene rings is 1. The first-order valence-corrected chi connectivity index (χ1v) is 4.73. The fourth-order valence-electron chi connectivity index (χ4n) is 1.28. The van der Waals surface area contributed by atoms with Gasteiger partial charge in [-0.1, -0.05) is 12.1 Å². The monoisotopic (exact) mass is 217 g/mol. The van der Waals surface area contributed by atoms with Crippen molar-refractivity contribution in [2.45, 2.75) is 6.42 Å². The maximum absolute atomic E-state index is 10.8. The van der Waals surface area contributed by atoms with Gasteiger partial charge in [0, 0.05) is 6.54 Å². The summed E-state index contributed by atoms with van der Waals surface area (Å²) in [6, 6.07) is 6.43. The quantitative estimate of drug-likeness (QED) is 0.355. The number of nitrogens with one attached hydrogen (secondary N) is 1. The predicted octanol–water partition coefficient (Wildman–Crippen LogP) is 2.45. The molecule has 0 aliphatic rings. The Balaban J connectivity index is 3.03. The number of hydrogen-bond donors (Lipinski definition) is 1. The fraction of sp³-hybridized carbons (Fsp3) is 0.182. The van der Waals surface area contributed by atoms with Crippen LogP contribution in [0.25, 0.3) is 0 Å². The van der Waals surface area contributed by atoms with Crippen LogP contribution in [0, 0.1) is 21.4 Å². The minimum absolute atomic E-state index is 0.0635. The highest BCUT2D eigenvalue weighted by Crippen LogP contribution is 2.27. The molecule has 82 valence electrons. The molecule has 0 saturated heterocycles. The molecule has 5 heteroatoms. The lowest BCUT2D eigenvalue weighted by molar-refractivity contribution is -0.384. The highest BCUT2D eigenvalue weighted by atomic mass is 16.6. The predicted molar refractivity (Wildman–Crippen MR) is 61.1 cm³/mol. The summed E-state index contributed by atoms with van der Waals surface area (Å²) in [4.78, 5) is 10.3. The zero-order valence-corrected chi connectivity index (χ0v) is 8.64. The molecule has 0 aliphatic heterocycles. The zero-order valence-electron chi connectivity index (χ0n) is 8.64. The van der Waals surface area contributed by atoms with Crippen molar-refractivity contribution in [1.29, 1.82) is 5.26 Å². The van der Waals surface area contributed by atoms with Crippen molar-refractivity contribution in [2.24, 2.45) is 0 Å². The molecular formula is C11H11N3O2. The molecular weight excluding hydrogens is 206 g/mol. The van der Waals surface area contributed by atoms with E-state index in [9.17, 15) is 10.1 Å². The number of anilines is 1. The highest BCUT2D eigenvalue weighted by Gasteiger charge is 2.18. The Morgan fingerprint density at radius 2 is 2.38 bits per heavy atom. The Labute approximate surface area is 93.2 Å². The Bertz CT molecular complexity index is 449. The molecule has 1 aromatic rings. The molecule has 0 saturated carbocycles. The Kier molecular flexibility index (Phi) is 4.04. The number of rotatable bonds is 5. The van der Waals surface area contributed by atoms with Crippen LogP contribution < -0.4 is 5.32 Å². The smallest absolute Gasteiger partial charge is 0.309 e. The van der Waals surface area contributed by atoms with Crippen molar-refractivity contribution in [3.8, 4) is 6.07 Å². The van der Waals surface area contributed by atoms with Crippen LogP contribution in [0.2, 0.25) is 0 Å². The SMILES string of the molecule is C=CCCNc1cccc(C#N)c1[N+](=O)[O-]. The lowest BCUT2D eigenvalue weighted by Gasteiger charge is -2.05. The van der Waals surface area contributed by atoms with E-state index in [0.29, 0.717) is 18.7 Å². The Hall–Kier alpha value is -2.35. The minimum Gasteiger partial charge on any atom is -0.379 e. The van der Waals surface area contributed by atoms with Gasteiger partial charge in [-0.2, -0.15) is 5.26 Å². The first kappa shape index (κ1) is 11.7. The van der Waals surface area contributed by atoms with Crippen molar-refractivity contribution in [3.05, 3.63) is 46.5 Å². The molecule has 0 radical (unpaired) electrons. The zero-order chi connectivity index (χ0) is 12.0. The van der Waals surface area contributed by atoms with Gasteiger partial charge < -0.3 is 5.32 Å². The van der Waals surface area contributed by atoms with Crippen molar-refractivity contribution in [3.63, 3.8) is 0 Å². The van der Waals surface area contributed by atoms with Gasteiger partial charge >= 0.3 is 5.69 Å². The normalized spacial score (nSPS) is 9.19. The average Bonchev–Trinajstić information content (AvgIpc) is 2.28. The maximum atomic E-state index is 10.8. The number of para-hydroxylation sites is 1. The molecule has 0 aliphatic carbocycles. The van der Waals surface area contributed by atoms with E-state index in [1.54, 1.807) is 24.3 Å². The van der Waals surface area contributed by atoms with Gasteiger partial charge in [0.05, 0.1) is 4.92 Å². The summed E-state index contributed by atoms with van der Waals surface area (Å²) in [7, 11) is 0. The lowest BCUT2D eigenvalue weighted by atomic mass is 10.1. The minimum atomic E-state index is -0.547. The van der Waals surface area contributed by atoms with Crippen LogP contribution in [0.15, 0.2) is 30.9 Å². The van der Waals surface area contributed by atoms with Crippen molar-refractivity contribution < 1.29 is 4.92 Å². The molecule has 0 spiro atoms. The van der Waals surface area contributed by atoms with Crippen molar-refractivity contribution >= 4 is 11.4 Å². The van der Waals surface area contributed by atoms with Gasteiger partial charge in [0.2, 0.25) is 0 Å². The van der Waals surface area contributed by atoms with Crippen molar-refractivity contribution in [2.75, 3.05) is 11.9 Å². The van der Waals surface area contributed by atoms with E-state index in [4.69, 9.17) is 5.26 Å². The summed E-state index contributed by atoms with van der Waals surface area (Å²) in [6.07, 6.45) is 2.42. The molecule has 16 heavy (non-hydrogen) atoms. The number of hydrogen-bond acceptors (Lipinski definition) is 4. The van der Waals surface area contributed by atoms with E-state index in [-0.39, 0.29) is 11.3 Å². The second-order valence-electron chi connectivity index (χ2n) is 3.07. The van der Waals surface area contributed by atoms with Gasteiger partial charge in [-0.3, -0.25) is 10.1 Å². The fourth-order valence-corrected chi connectivity index (χ4v) is 1.28. The molecule has 0 heterocycles. The number of nitriles is 1. The first-order valence-electron chi connectivity index (χ1n) is 4.73. The number of nitrogens with zero attached hydrogens (tertiary/aromatic N) is 2. The van der Waals surface area contributed by atoms with E-state index in [2.05, 4.69) is 11.9 Å². The lowest BCUT2D eigenvalue weighted by Crippen LogP contribution is -2.04. The van der Waals surface area contributed by atoms with Crippen LogP contribution in [0.3, 0.4) is 0 Å². The molecule has 5 nitrogen and oxygen atoms in total. The van der Waals surface area contributed by atoms with Gasteiger partial charge in [-0.05, 0) is 18.6 Å². The Morgan fingerprint density at radius 3 is 2.94 bits per heavy atom. The van der Waals surface area contributed by atoms with E-state index in [1.807, 2.05) is 0 Å². The molecule has 0 atom stereocenters. The average molecular weight is 217 g/mol. The molecule has 0 unspecified atom stereocenters. The second kappa shape index (κ2) is 5.51. The summed E-state index contributed by atoms with van der Waals surface area (Å²) in [5.41, 5.74) is 0.258. The molecule has 1 N–H and O–H groups in total. The van der Waals surface area contributed by atoms with Gasteiger partial charge in [-0.15, -0.1) is 6.58 Å². The summed E-state index contributed by atoms with van der Waals surface area (Å²) in [5.74, 6) is 0. The van der Waals surface area contributed by atoms with Gasteiger partial charge in [0.1, 0.15) is 17.3 Å². The van der Waals surface area contributed by atoms with Crippen LogP contribution in [-0.4, -0.2) is 11.5 Å². The molecule has 0 bridgehead atoms. The first-order chi connectivity index (χ1) is 7.70. The van der Waals surface area contributed by atoms with Crippen LogP contribution in [0.5, 0.6) is 0 Å². The highest BCUT2D eigenvalue weighted by molar-refractivity contribution is 5.68. The summed E-state index contributed by atoms with van der Waals surface area (Å²) < 4.78 is 0. The van der Waals surface area contributed by atoms with Gasteiger partial charge in [0.15, 0.2) is 0 Å². The largest absolute Gasteiger partial charge is 0.379 e. The summed E-state index contributed by atoms with van der Waals surface area (Å²) >= 11 is 0.